The van der Waals surface area contributed by atoms with Crippen LogP contribution >= 0.6 is 11.6 Å². The number of hydrogen-bond donors (Lipinski definition) is 6. The molecule has 2 aliphatic rings. The van der Waals surface area contributed by atoms with E-state index in [0.29, 0.717) is 21.8 Å². The predicted octanol–water partition coefficient (Wildman–Crippen LogP) is 0.700. The monoisotopic (exact) mass is 604 g/mol. The number of ether oxygens (including phenoxy) is 1. The number of aliphatic imine (C=N–C) groups is 1. The minimum absolute atomic E-state index is 0.0703. The number of rotatable bonds is 10. The SMILES string of the molecule is COc1ccc2c(c1)C(c1ccc(Cl)cc1)=N[C@@H](CC(=O)NCCNC(=O)Cc1cccc(B(O)O)c1)C1NNC(C)N21. The number of halogens is 1. The summed E-state index contributed by atoms with van der Waals surface area (Å²) in [5.41, 5.74) is 11.0. The number of fused-ring (bicyclic) bond motifs is 3. The van der Waals surface area contributed by atoms with Gasteiger partial charge in [-0.25, -0.2) is 10.9 Å². The lowest BCUT2D eigenvalue weighted by atomic mass is 9.79. The van der Waals surface area contributed by atoms with Crippen LogP contribution < -0.4 is 36.6 Å². The van der Waals surface area contributed by atoms with E-state index in [1.165, 1.54) is 0 Å². The summed E-state index contributed by atoms with van der Waals surface area (Å²) >= 11 is 6.18. The molecule has 1 fully saturated rings. The van der Waals surface area contributed by atoms with Crippen molar-refractivity contribution in [2.75, 3.05) is 25.1 Å². The summed E-state index contributed by atoms with van der Waals surface area (Å²) < 4.78 is 5.53. The Balaban J connectivity index is 1.28. The zero-order valence-electron chi connectivity index (χ0n) is 23.9. The van der Waals surface area contributed by atoms with E-state index in [9.17, 15) is 19.6 Å². The zero-order chi connectivity index (χ0) is 30.5. The van der Waals surface area contributed by atoms with Crippen LogP contribution in [0.5, 0.6) is 5.75 Å². The van der Waals surface area contributed by atoms with E-state index in [-0.39, 0.29) is 50.1 Å². The highest BCUT2D eigenvalue weighted by Gasteiger charge is 2.40. The van der Waals surface area contributed by atoms with Crippen LogP contribution in [0.1, 0.15) is 30.0 Å². The molecule has 5 rings (SSSR count). The van der Waals surface area contributed by atoms with Gasteiger partial charge in [0.25, 0.3) is 0 Å². The number of hydrazine groups is 1. The molecule has 0 radical (unpaired) electrons. The second-order valence-corrected chi connectivity index (χ2v) is 10.9. The first-order chi connectivity index (χ1) is 20.7. The molecule has 11 nitrogen and oxygen atoms in total. The van der Waals surface area contributed by atoms with Gasteiger partial charge in [0.05, 0.1) is 37.9 Å². The number of methoxy groups -OCH3 is 1. The number of amides is 2. The van der Waals surface area contributed by atoms with Gasteiger partial charge in [0.2, 0.25) is 11.8 Å². The van der Waals surface area contributed by atoms with E-state index < -0.39 is 13.2 Å². The third-order valence-corrected chi connectivity index (χ3v) is 7.70. The standard InChI is InChI=1S/C30H34BClN6O5/c1-18-36-37-30-25(17-28(40)34-13-12-33-27(39)15-19-4-3-5-21(14-19)31(41)42)35-29(20-6-8-22(32)9-7-20)24-16-23(43-2)10-11-26(24)38(18)30/h3-11,14,16,18,25,30,36-37,41-42H,12-13,15,17H2,1-2H3,(H,33,39)(H,34,40)/t18?,25-,30?/m0/s1. The van der Waals surface area contributed by atoms with Crippen molar-refractivity contribution < 1.29 is 24.4 Å². The van der Waals surface area contributed by atoms with E-state index in [1.807, 2.05) is 49.4 Å². The predicted molar refractivity (Wildman–Crippen MR) is 166 cm³/mol. The van der Waals surface area contributed by atoms with Gasteiger partial charge < -0.3 is 30.3 Å². The largest absolute Gasteiger partial charge is 0.497 e. The van der Waals surface area contributed by atoms with Gasteiger partial charge in [0.15, 0.2) is 0 Å². The van der Waals surface area contributed by atoms with E-state index in [2.05, 4.69) is 26.4 Å². The molecule has 2 aliphatic heterocycles. The summed E-state index contributed by atoms with van der Waals surface area (Å²) in [4.78, 5) is 32.9. The molecule has 1 saturated heterocycles. The van der Waals surface area contributed by atoms with Crippen LogP contribution in [0.3, 0.4) is 0 Å². The molecule has 2 heterocycles. The molecule has 13 heteroatoms. The van der Waals surface area contributed by atoms with E-state index in [4.69, 9.17) is 21.3 Å². The molecule has 0 aromatic heterocycles. The molecule has 0 bridgehead atoms. The number of anilines is 1. The first kappa shape index (κ1) is 30.5. The van der Waals surface area contributed by atoms with Crippen LogP contribution in [-0.4, -0.2) is 73.3 Å². The van der Waals surface area contributed by atoms with E-state index in [0.717, 1.165) is 22.5 Å². The van der Waals surface area contributed by atoms with Crippen LogP contribution in [0.4, 0.5) is 5.69 Å². The Hall–Kier alpha value is -3.94. The molecule has 6 N–H and O–H groups in total. The fourth-order valence-corrected chi connectivity index (χ4v) is 5.49. The molecule has 3 aromatic carbocycles. The van der Waals surface area contributed by atoms with E-state index in [1.54, 1.807) is 31.4 Å². The second kappa shape index (κ2) is 13.6. The van der Waals surface area contributed by atoms with Crippen LogP contribution in [-0.2, 0) is 16.0 Å². The molecule has 2 amide bonds. The van der Waals surface area contributed by atoms with Crippen molar-refractivity contribution in [3.63, 3.8) is 0 Å². The average molecular weight is 605 g/mol. The van der Waals surface area contributed by atoms with Gasteiger partial charge in [-0.15, -0.1) is 0 Å². The lowest BCUT2D eigenvalue weighted by Crippen LogP contribution is -2.48. The minimum atomic E-state index is -1.60. The summed E-state index contributed by atoms with van der Waals surface area (Å²) in [6.07, 6.45) is -0.183. The van der Waals surface area contributed by atoms with Crippen LogP contribution in [0, 0.1) is 0 Å². The molecular weight excluding hydrogens is 571 g/mol. The maximum Gasteiger partial charge on any atom is 0.488 e. The smallest absolute Gasteiger partial charge is 0.488 e. The maximum absolute atomic E-state index is 13.1. The number of nitrogens with zero attached hydrogens (tertiary/aromatic N) is 2. The van der Waals surface area contributed by atoms with Crippen molar-refractivity contribution in [2.24, 2.45) is 4.99 Å². The lowest BCUT2D eigenvalue weighted by molar-refractivity contribution is -0.122. The number of benzene rings is 3. The highest BCUT2D eigenvalue weighted by atomic mass is 35.5. The first-order valence-corrected chi connectivity index (χ1v) is 14.4. The van der Waals surface area contributed by atoms with E-state index >= 15 is 0 Å². The molecule has 43 heavy (non-hydrogen) atoms. The molecule has 3 aromatic rings. The van der Waals surface area contributed by atoms with Gasteiger partial charge in [-0.3, -0.25) is 14.6 Å². The van der Waals surface area contributed by atoms with Gasteiger partial charge in [0.1, 0.15) is 11.9 Å². The van der Waals surface area contributed by atoms with Crippen molar-refractivity contribution in [3.05, 3.63) is 88.4 Å². The number of hydrogen-bond acceptors (Lipinski definition) is 9. The number of nitrogens with one attached hydrogen (secondary N) is 4. The Morgan fingerprint density at radius 3 is 2.49 bits per heavy atom. The van der Waals surface area contributed by atoms with Crippen molar-refractivity contribution in [1.29, 1.82) is 0 Å². The van der Waals surface area contributed by atoms with Crippen LogP contribution in [0.15, 0.2) is 71.7 Å². The number of carbonyl (C=O) groups excluding carboxylic acids is 2. The summed E-state index contributed by atoms with van der Waals surface area (Å²) in [5, 5.41) is 25.0. The van der Waals surface area contributed by atoms with Crippen molar-refractivity contribution >= 4 is 47.4 Å². The minimum Gasteiger partial charge on any atom is -0.497 e. The fourth-order valence-electron chi connectivity index (χ4n) is 5.36. The van der Waals surface area contributed by atoms with Gasteiger partial charge >= 0.3 is 7.12 Å². The van der Waals surface area contributed by atoms with Crippen LogP contribution in [0.25, 0.3) is 0 Å². The highest BCUT2D eigenvalue weighted by Crippen LogP contribution is 2.36. The molecule has 0 spiro atoms. The Morgan fingerprint density at radius 2 is 1.77 bits per heavy atom. The van der Waals surface area contributed by atoms with Crippen molar-refractivity contribution in [2.45, 2.75) is 38.1 Å². The summed E-state index contributed by atoms with van der Waals surface area (Å²) in [6.45, 7) is 2.53. The molecule has 3 atom stereocenters. The summed E-state index contributed by atoms with van der Waals surface area (Å²) in [7, 11) is 0.0260. The Bertz CT molecular complexity index is 1500. The molecule has 0 aliphatic carbocycles. The van der Waals surface area contributed by atoms with Crippen LogP contribution in [0.2, 0.25) is 5.02 Å². The Labute approximate surface area is 255 Å². The van der Waals surface area contributed by atoms with Crippen molar-refractivity contribution in [3.8, 4) is 5.75 Å². The highest BCUT2D eigenvalue weighted by molar-refractivity contribution is 6.58. The molecular formula is C30H34BClN6O5. The first-order valence-electron chi connectivity index (χ1n) is 14.0. The van der Waals surface area contributed by atoms with Gasteiger partial charge in [-0.2, -0.15) is 0 Å². The Morgan fingerprint density at radius 1 is 1.02 bits per heavy atom. The molecule has 0 saturated carbocycles. The lowest BCUT2D eigenvalue weighted by Gasteiger charge is -2.31. The van der Waals surface area contributed by atoms with Gasteiger partial charge in [-0.1, -0.05) is 48.0 Å². The molecule has 2 unspecified atom stereocenters. The molecule has 224 valence electrons. The zero-order valence-corrected chi connectivity index (χ0v) is 24.6. The maximum atomic E-state index is 13.1. The number of carbonyl (C=O) groups is 2. The average Bonchev–Trinajstić information content (AvgIpc) is 3.32. The Kier molecular flexibility index (Phi) is 9.64. The quantitative estimate of drug-likeness (QED) is 0.146. The third kappa shape index (κ3) is 7.18. The van der Waals surface area contributed by atoms with Gasteiger partial charge in [-0.05, 0) is 48.3 Å². The van der Waals surface area contributed by atoms with Gasteiger partial charge in [0, 0.05) is 34.9 Å². The summed E-state index contributed by atoms with van der Waals surface area (Å²) in [5.74, 6) is 0.258. The fraction of sp³-hybridized carbons (Fsp3) is 0.300. The second-order valence-electron chi connectivity index (χ2n) is 10.5. The van der Waals surface area contributed by atoms with Crippen molar-refractivity contribution in [1.82, 2.24) is 21.5 Å². The normalized spacial score (nSPS) is 19.0. The topological polar surface area (TPSA) is 148 Å². The third-order valence-electron chi connectivity index (χ3n) is 7.45. The summed E-state index contributed by atoms with van der Waals surface area (Å²) in [6, 6.07) is 19.4.